The third kappa shape index (κ3) is 2.58. The number of rotatable bonds is 2. The first kappa shape index (κ1) is 11.8. The van der Waals surface area contributed by atoms with Gasteiger partial charge in [0.2, 0.25) is 0 Å². The summed E-state index contributed by atoms with van der Waals surface area (Å²) in [6, 6.07) is 0.352. The van der Waals surface area contributed by atoms with E-state index in [2.05, 4.69) is 0 Å². The van der Waals surface area contributed by atoms with Crippen molar-refractivity contribution in [3.8, 4) is 5.75 Å². The molecule has 0 bridgehead atoms. The molecule has 8 heteroatoms. The Bertz CT molecular complexity index is 424. The first-order valence-electron chi connectivity index (χ1n) is 3.46. The fourth-order valence-corrected chi connectivity index (χ4v) is 1.54. The maximum Gasteiger partial charge on any atom is 0.310 e. The van der Waals surface area contributed by atoms with Crippen LogP contribution < -0.4 is 0 Å². The first-order valence-corrected chi connectivity index (χ1v) is 5.41. The average molecular weight is 248 g/mol. The summed E-state index contributed by atoms with van der Waals surface area (Å²) < 4.78 is 61.0. The molecule has 1 N–H and O–H groups in total. The standard InChI is InChI=1S/C7H5F5O2S/c8-15(9,10,11,12)6-1-2-7(14)5(3-6)4-13/h1-4,14H. The van der Waals surface area contributed by atoms with Gasteiger partial charge in [-0.1, -0.05) is 19.4 Å². The van der Waals surface area contributed by atoms with Crippen LogP contribution in [-0.2, 0) is 0 Å². The SMILES string of the molecule is O=Cc1cc(S(F)(F)(F)(F)F)ccc1O. The van der Waals surface area contributed by atoms with Crippen LogP contribution in [0.2, 0.25) is 0 Å². The first-order chi connectivity index (χ1) is 6.44. The van der Waals surface area contributed by atoms with Gasteiger partial charge in [0.15, 0.2) is 6.29 Å². The van der Waals surface area contributed by atoms with Gasteiger partial charge in [-0.05, 0) is 18.2 Å². The van der Waals surface area contributed by atoms with E-state index in [1.165, 1.54) is 0 Å². The monoisotopic (exact) mass is 248 g/mol. The zero-order valence-corrected chi connectivity index (χ0v) is 7.78. The van der Waals surface area contributed by atoms with Gasteiger partial charge in [-0.3, -0.25) is 4.79 Å². The van der Waals surface area contributed by atoms with Crippen LogP contribution in [0, 0.1) is 0 Å². The molecule has 0 saturated heterocycles. The second-order valence-electron chi connectivity index (χ2n) is 2.81. The Kier molecular flexibility index (Phi) is 1.91. The lowest BCUT2D eigenvalue weighted by atomic mass is 10.2. The molecule has 0 radical (unpaired) electrons. The van der Waals surface area contributed by atoms with Crippen LogP contribution in [-0.4, -0.2) is 11.4 Å². The van der Waals surface area contributed by atoms with E-state index in [9.17, 15) is 24.2 Å². The fraction of sp³-hybridized carbons (Fsp3) is 0. The average Bonchev–Trinajstić information content (AvgIpc) is 2.00. The molecule has 0 spiro atoms. The highest BCUT2D eigenvalue weighted by Crippen LogP contribution is 3.02. The number of aldehydes is 1. The van der Waals surface area contributed by atoms with Crippen molar-refractivity contribution in [1.29, 1.82) is 0 Å². The smallest absolute Gasteiger partial charge is 0.310 e. The van der Waals surface area contributed by atoms with Crippen molar-refractivity contribution < 1.29 is 29.3 Å². The van der Waals surface area contributed by atoms with Crippen LogP contribution in [0.1, 0.15) is 10.4 Å². The number of halogens is 5. The molecule has 0 saturated carbocycles. The van der Waals surface area contributed by atoms with E-state index in [1.54, 1.807) is 0 Å². The normalized spacial score (nSPS) is 16.6. The third-order valence-electron chi connectivity index (χ3n) is 1.57. The maximum absolute atomic E-state index is 12.2. The molecular weight excluding hydrogens is 243 g/mol. The van der Waals surface area contributed by atoms with Crippen molar-refractivity contribution in [3.63, 3.8) is 0 Å². The summed E-state index contributed by atoms with van der Waals surface area (Å²) in [6.45, 7) is 0. The van der Waals surface area contributed by atoms with Gasteiger partial charge in [0.1, 0.15) is 10.6 Å². The molecule has 1 rings (SSSR count). The summed E-state index contributed by atoms with van der Waals surface area (Å²) in [7, 11) is -9.78. The summed E-state index contributed by atoms with van der Waals surface area (Å²) in [5.41, 5.74) is -0.833. The van der Waals surface area contributed by atoms with Gasteiger partial charge in [-0.2, -0.15) is 0 Å². The topological polar surface area (TPSA) is 37.3 Å². The predicted octanol–water partition coefficient (Wildman–Crippen LogP) is 3.86. The van der Waals surface area contributed by atoms with Crippen LogP contribution in [0.3, 0.4) is 0 Å². The van der Waals surface area contributed by atoms with E-state index in [4.69, 9.17) is 5.11 Å². The number of carbonyl (C=O) groups is 1. The highest BCUT2D eigenvalue weighted by molar-refractivity contribution is 8.45. The molecule has 0 aliphatic heterocycles. The number of benzene rings is 1. The van der Waals surface area contributed by atoms with E-state index in [1.807, 2.05) is 0 Å². The van der Waals surface area contributed by atoms with Gasteiger partial charge in [-0.15, -0.1) is 0 Å². The van der Waals surface area contributed by atoms with Gasteiger partial charge < -0.3 is 5.11 Å². The van der Waals surface area contributed by atoms with Crippen LogP contribution in [0.15, 0.2) is 23.1 Å². The van der Waals surface area contributed by atoms with Gasteiger partial charge in [0, 0.05) is 0 Å². The zero-order valence-electron chi connectivity index (χ0n) is 6.96. The molecule has 1 aromatic rings. The lowest BCUT2D eigenvalue weighted by molar-refractivity contribution is 0.112. The number of phenolic OH excluding ortho intramolecular Hbond substituents is 1. The van der Waals surface area contributed by atoms with Crippen molar-refractivity contribution >= 4 is 16.5 Å². The fourth-order valence-electron chi connectivity index (χ4n) is 0.867. The minimum absolute atomic E-state index is 0.0316. The van der Waals surface area contributed by atoms with E-state index in [0.717, 1.165) is 0 Å². The summed E-state index contributed by atoms with van der Waals surface area (Å²) in [5.74, 6) is -0.782. The van der Waals surface area contributed by atoms with Gasteiger partial charge >= 0.3 is 10.2 Å². The lowest BCUT2D eigenvalue weighted by Crippen LogP contribution is -2.06. The molecule has 86 valence electrons. The Morgan fingerprint density at radius 2 is 1.67 bits per heavy atom. The van der Waals surface area contributed by atoms with E-state index in [-0.39, 0.29) is 18.4 Å². The highest BCUT2D eigenvalue weighted by atomic mass is 32.5. The van der Waals surface area contributed by atoms with Crippen LogP contribution in [0.25, 0.3) is 0 Å². The zero-order chi connectivity index (χ0) is 12.0. The van der Waals surface area contributed by atoms with Crippen molar-refractivity contribution in [2.75, 3.05) is 0 Å². The van der Waals surface area contributed by atoms with E-state index >= 15 is 0 Å². The van der Waals surface area contributed by atoms with Crippen molar-refractivity contribution in [2.45, 2.75) is 4.90 Å². The number of aromatic hydroxyl groups is 1. The third-order valence-corrected chi connectivity index (χ3v) is 2.72. The largest absolute Gasteiger partial charge is 0.507 e. The minimum atomic E-state index is -9.78. The predicted molar refractivity (Wildman–Crippen MR) is 44.9 cm³/mol. The molecule has 0 atom stereocenters. The van der Waals surface area contributed by atoms with E-state index in [0.29, 0.717) is 6.07 Å². The van der Waals surface area contributed by atoms with Crippen LogP contribution in [0.5, 0.6) is 5.75 Å². The molecule has 0 aliphatic carbocycles. The Morgan fingerprint density at radius 1 is 1.13 bits per heavy atom. The van der Waals surface area contributed by atoms with Gasteiger partial charge in [-0.25, -0.2) is 0 Å². The second kappa shape index (κ2) is 2.43. The molecule has 0 unspecified atom stereocenters. The van der Waals surface area contributed by atoms with Crippen LogP contribution >= 0.6 is 10.2 Å². The quantitative estimate of drug-likeness (QED) is 0.637. The highest BCUT2D eigenvalue weighted by Gasteiger charge is 2.65. The molecule has 0 amide bonds. The number of carbonyl (C=O) groups excluding carboxylic acids is 1. The molecule has 0 aromatic heterocycles. The Morgan fingerprint density at radius 3 is 2.07 bits per heavy atom. The lowest BCUT2D eigenvalue weighted by Gasteiger charge is -2.40. The Labute approximate surface area is 81.1 Å². The summed E-state index contributed by atoms with van der Waals surface area (Å²) in [5, 5.41) is 8.84. The van der Waals surface area contributed by atoms with Crippen molar-refractivity contribution in [3.05, 3.63) is 23.8 Å². The molecule has 15 heavy (non-hydrogen) atoms. The van der Waals surface area contributed by atoms with Gasteiger partial charge in [0.05, 0.1) is 5.56 Å². The Balaban J connectivity index is 3.50. The van der Waals surface area contributed by atoms with Crippen molar-refractivity contribution in [1.82, 2.24) is 0 Å². The summed E-state index contributed by atoms with van der Waals surface area (Å²) >= 11 is 0. The van der Waals surface area contributed by atoms with Gasteiger partial charge in [0.25, 0.3) is 0 Å². The number of hydrogen-bond acceptors (Lipinski definition) is 2. The number of hydrogen-bond donors (Lipinski definition) is 1. The second-order valence-corrected chi connectivity index (χ2v) is 5.22. The number of phenols is 1. The molecular formula is C7H5F5O2S. The van der Waals surface area contributed by atoms with Crippen molar-refractivity contribution in [2.24, 2.45) is 0 Å². The van der Waals surface area contributed by atoms with E-state index < -0.39 is 26.4 Å². The molecule has 0 heterocycles. The maximum atomic E-state index is 12.2. The minimum Gasteiger partial charge on any atom is -0.507 e. The summed E-state index contributed by atoms with van der Waals surface area (Å²) in [6.07, 6.45) is -0.137. The molecule has 1 aromatic carbocycles. The molecule has 2 nitrogen and oxygen atoms in total. The Hall–Kier alpha value is -1.31. The molecule has 0 fully saturated rings. The molecule has 0 aliphatic rings. The summed E-state index contributed by atoms with van der Waals surface area (Å²) in [4.78, 5) is 7.96. The van der Waals surface area contributed by atoms with Crippen LogP contribution in [0.4, 0.5) is 19.4 Å².